The summed E-state index contributed by atoms with van der Waals surface area (Å²) in [5, 5.41) is 0.998. The molecule has 0 aromatic heterocycles. The molecule has 1 aromatic rings. The fraction of sp³-hybridized carbons (Fsp3) is 0.273. The van der Waals surface area contributed by atoms with E-state index in [0.717, 1.165) is 5.56 Å². The molecule has 4 nitrogen and oxygen atoms in total. The molecule has 0 spiro atoms. The summed E-state index contributed by atoms with van der Waals surface area (Å²) in [6.45, 7) is 1.80. The van der Waals surface area contributed by atoms with Gasteiger partial charge < -0.3 is 0 Å². The molecule has 2 rings (SSSR count). The number of rotatable bonds is 1. The molecule has 1 saturated heterocycles. The van der Waals surface area contributed by atoms with Crippen LogP contribution in [0.2, 0.25) is 10.0 Å². The quantitative estimate of drug-likeness (QED) is 0.769. The zero-order valence-corrected chi connectivity index (χ0v) is 10.5. The number of nitrogens with one attached hydrogen (secondary N) is 2. The number of benzene rings is 1. The number of hydrogen-bond acceptors (Lipinski definition) is 3. The summed E-state index contributed by atoms with van der Waals surface area (Å²) in [5.74, 6) is -0.541. The van der Waals surface area contributed by atoms with Gasteiger partial charge in [0.1, 0.15) is 6.04 Å². The number of carbonyl (C=O) groups is 2. The van der Waals surface area contributed by atoms with Gasteiger partial charge in [-0.1, -0.05) is 23.2 Å². The van der Waals surface area contributed by atoms with Crippen LogP contribution >= 0.6 is 23.2 Å². The van der Waals surface area contributed by atoms with Gasteiger partial charge in [0, 0.05) is 10.0 Å². The molecule has 1 aromatic carbocycles. The molecule has 1 aliphatic heterocycles. The minimum atomic E-state index is -0.594. The molecule has 0 saturated carbocycles. The number of halogens is 2. The molecule has 2 N–H and O–H groups in total. The number of Topliss-reactive ketones (excluding diaryl/α,β-unsaturated/α-hetero) is 1. The predicted molar refractivity (Wildman–Crippen MR) is 64.8 cm³/mol. The SMILES string of the molecule is Cc1c(Cl)cc(C2NNC(=O)CC2=O)cc1Cl. The fourth-order valence-electron chi connectivity index (χ4n) is 1.64. The maximum atomic E-state index is 11.7. The van der Waals surface area contributed by atoms with Crippen molar-refractivity contribution >= 4 is 34.9 Å². The summed E-state index contributed by atoms with van der Waals surface area (Å²) >= 11 is 12.0. The highest BCUT2D eigenvalue weighted by Crippen LogP contribution is 2.29. The Kier molecular flexibility index (Phi) is 3.38. The van der Waals surface area contributed by atoms with E-state index in [-0.39, 0.29) is 18.1 Å². The first-order valence-corrected chi connectivity index (χ1v) is 5.77. The smallest absolute Gasteiger partial charge is 0.241 e. The standard InChI is InChI=1S/C11H10Cl2N2O2/c1-5-7(12)2-6(3-8(5)13)11-9(16)4-10(17)14-15-11/h2-3,11,15H,4H2,1H3,(H,14,17). The van der Waals surface area contributed by atoms with E-state index in [9.17, 15) is 9.59 Å². The highest BCUT2D eigenvalue weighted by Gasteiger charge is 2.28. The van der Waals surface area contributed by atoms with Crippen molar-refractivity contribution in [3.63, 3.8) is 0 Å². The summed E-state index contributed by atoms with van der Waals surface area (Å²) in [5.41, 5.74) is 6.48. The second-order valence-corrected chi connectivity index (χ2v) is 4.69. The van der Waals surface area contributed by atoms with Gasteiger partial charge in [-0.15, -0.1) is 0 Å². The summed E-state index contributed by atoms with van der Waals surface area (Å²) in [6.07, 6.45) is -0.138. The minimum absolute atomic E-state index is 0.138. The average molecular weight is 273 g/mol. The van der Waals surface area contributed by atoms with Crippen LogP contribution < -0.4 is 10.9 Å². The molecule has 1 fully saturated rings. The second-order valence-electron chi connectivity index (χ2n) is 3.88. The average Bonchev–Trinajstić information content (AvgIpc) is 2.25. The fourth-order valence-corrected chi connectivity index (χ4v) is 2.14. The van der Waals surface area contributed by atoms with Gasteiger partial charge in [-0.25, -0.2) is 5.43 Å². The molecule has 1 amide bonds. The normalized spacial score (nSPS) is 20.3. The third kappa shape index (κ3) is 2.44. The van der Waals surface area contributed by atoms with Gasteiger partial charge in [0.05, 0.1) is 6.42 Å². The molecule has 17 heavy (non-hydrogen) atoms. The third-order valence-corrected chi connectivity index (χ3v) is 3.43. The van der Waals surface area contributed by atoms with E-state index in [4.69, 9.17) is 23.2 Å². The summed E-state index contributed by atoms with van der Waals surface area (Å²) < 4.78 is 0. The van der Waals surface area contributed by atoms with Crippen molar-refractivity contribution in [2.24, 2.45) is 0 Å². The molecule has 6 heteroatoms. The van der Waals surface area contributed by atoms with E-state index in [1.165, 1.54) is 0 Å². The lowest BCUT2D eigenvalue weighted by atomic mass is 9.98. The lowest BCUT2D eigenvalue weighted by Gasteiger charge is -2.23. The van der Waals surface area contributed by atoms with Gasteiger partial charge in [-0.3, -0.25) is 15.0 Å². The third-order valence-electron chi connectivity index (χ3n) is 2.65. The van der Waals surface area contributed by atoms with Crippen molar-refractivity contribution in [2.75, 3.05) is 0 Å². The number of hydrogen-bond donors (Lipinski definition) is 2. The zero-order valence-electron chi connectivity index (χ0n) is 9.01. The number of carbonyl (C=O) groups excluding carboxylic acids is 2. The van der Waals surface area contributed by atoms with E-state index in [2.05, 4.69) is 10.9 Å². The van der Waals surface area contributed by atoms with Gasteiger partial charge in [0.15, 0.2) is 5.78 Å². The van der Waals surface area contributed by atoms with Gasteiger partial charge in [0.2, 0.25) is 5.91 Å². The van der Waals surface area contributed by atoms with Crippen LogP contribution in [0.25, 0.3) is 0 Å². The van der Waals surface area contributed by atoms with Crippen LogP contribution in [0, 0.1) is 6.92 Å². The van der Waals surface area contributed by atoms with E-state index >= 15 is 0 Å². The molecule has 1 heterocycles. The molecule has 1 aliphatic rings. The Labute approximate surface area is 108 Å². The Hall–Kier alpha value is -1.10. The molecule has 1 atom stereocenters. The Balaban J connectivity index is 2.34. The highest BCUT2D eigenvalue weighted by molar-refractivity contribution is 6.36. The first-order valence-electron chi connectivity index (χ1n) is 5.01. The first-order chi connectivity index (χ1) is 7.99. The molecule has 0 radical (unpaired) electrons. The van der Waals surface area contributed by atoms with E-state index in [1.54, 1.807) is 19.1 Å². The lowest BCUT2D eigenvalue weighted by Crippen LogP contribution is -2.49. The van der Waals surface area contributed by atoms with Crippen LogP contribution in [0.15, 0.2) is 12.1 Å². The summed E-state index contributed by atoms with van der Waals surface area (Å²) in [4.78, 5) is 22.7. The minimum Gasteiger partial charge on any atom is -0.297 e. The van der Waals surface area contributed by atoms with Crippen LogP contribution in [0.3, 0.4) is 0 Å². The van der Waals surface area contributed by atoms with Crippen LogP contribution in [0.1, 0.15) is 23.6 Å². The highest BCUT2D eigenvalue weighted by atomic mass is 35.5. The summed E-state index contributed by atoms with van der Waals surface area (Å²) in [7, 11) is 0. The molecule has 0 aliphatic carbocycles. The summed E-state index contributed by atoms with van der Waals surface area (Å²) in [6, 6.07) is 2.76. The first kappa shape index (κ1) is 12.4. The Morgan fingerprint density at radius 1 is 1.24 bits per heavy atom. The van der Waals surface area contributed by atoms with Crippen LogP contribution in [0.5, 0.6) is 0 Å². The van der Waals surface area contributed by atoms with E-state index < -0.39 is 6.04 Å². The van der Waals surface area contributed by atoms with Crippen LogP contribution in [0.4, 0.5) is 0 Å². The van der Waals surface area contributed by atoms with Gasteiger partial charge >= 0.3 is 0 Å². The van der Waals surface area contributed by atoms with E-state index in [1.807, 2.05) is 0 Å². The van der Waals surface area contributed by atoms with Gasteiger partial charge in [-0.2, -0.15) is 0 Å². The maximum absolute atomic E-state index is 11.7. The van der Waals surface area contributed by atoms with Crippen molar-refractivity contribution in [3.05, 3.63) is 33.3 Å². The monoisotopic (exact) mass is 272 g/mol. The van der Waals surface area contributed by atoms with Crippen LogP contribution in [-0.4, -0.2) is 11.7 Å². The zero-order chi connectivity index (χ0) is 12.6. The van der Waals surface area contributed by atoms with Crippen molar-refractivity contribution < 1.29 is 9.59 Å². The van der Waals surface area contributed by atoms with E-state index in [0.29, 0.717) is 15.6 Å². The number of ketones is 1. The molecule has 90 valence electrons. The Morgan fingerprint density at radius 3 is 2.35 bits per heavy atom. The topological polar surface area (TPSA) is 58.2 Å². The maximum Gasteiger partial charge on any atom is 0.241 e. The number of hydrazine groups is 1. The Morgan fingerprint density at radius 2 is 1.82 bits per heavy atom. The lowest BCUT2D eigenvalue weighted by molar-refractivity contribution is -0.134. The predicted octanol–water partition coefficient (Wildman–Crippen LogP) is 1.94. The van der Waals surface area contributed by atoms with Crippen molar-refractivity contribution in [3.8, 4) is 0 Å². The largest absolute Gasteiger partial charge is 0.297 e. The van der Waals surface area contributed by atoms with Crippen molar-refractivity contribution in [2.45, 2.75) is 19.4 Å². The molecule has 0 bridgehead atoms. The molecule has 1 unspecified atom stereocenters. The number of amides is 1. The Bertz CT molecular complexity index is 479. The molecular formula is C11H10Cl2N2O2. The second kappa shape index (κ2) is 4.64. The van der Waals surface area contributed by atoms with Gasteiger partial charge in [0.25, 0.3) is 0 Å². The molecular weight excluding hydrogens is 263 g/mol. The van der Waals surface area contributed by atoms with Crippen molar-refractivity contribution in [1.82, 2.24) is 10.9 Å². The van der Waals surface area contributed by atoms with Crippen molar-refractivity contribution in [1.29, 1.82) is 0 Å². The van der Waals surface area contributed by atoms with Gasteiger partial charge in [-0.05, 0) is 30.2 Å². The van der Waals surface area contributed by atoms with Crippen LogP contribution in [-0.2, 0) is 9.59 Å².